The average Bonchev–Trinajstić information content (AvgIpc) is 2.25. The van der Waals surface area contributed by atoms with E-state index in [0.29, 0.717) is 0 Å². The third kappa shape index (κ3) is 6.08. The number of benzene rings is 1. The molecule has 3 heteroatoms. The lowest BCUT2D eigenvalue weighted by Gasteiger charge is -2.10. The van der Waals surface area contributed by atoms with Gasteiger partial charge in [0.15, 0.2) is 0 Å². The second kappa shape index (κ2) is 7.72. The van der Waals surface area contributed by atoms with E-state index in [-0.39, 0.29) is 0 Å². The van der Waals surface area contributed by atoms with Crippen LogP contribution in [0.5, 0.6) is 5.75 Å². The molecule has 0 unspecified atom stereocenters. The molecular formula is C14H22BrNO. The lowest BCUT2D eigenvalue weighted by Crippen LogP contribution is -2.23. The van der Waals surface area contributed by atoms with Crippen molar-refractivity contribution in [3.05, 3.63) is 28.2 Å². The highest BCUT2D eigenvalue weighted by molar-refractivity contribution is 9.10. The summed E-state index contributed by atoms with van der Waals surface area (Å²) in [5.74, 6) is 1.73. The molecule has 17 heavy (non-hydrogen) atoms. The van der Waals surface area contributed by atoms with Crippen LogP contribution in [0.2, 0.25) is 0 Å². The largest absolute Gasteiger partial charge is 0.492 e. The zero-order valence-electron chi connectivity index (χ0n) is 10.9. The molecule has 0 heterocycles. The van der Waals surface area contributed by atoms with Crippen molar-refractivity contribution >= 4 is 15.9 Å². The number of rotatable bonds is 7. The van der Waals surface area contributed by atoms with Gasteiger partial charge in [-0.05, 0) is 49.6 Å². The van der Waals surface area contributed by atoms with Gasteiger partial charge in [0.1, 0.15) is 12.4 Å². The number of hydrogen-bond donors (Lipinski definition) is 1. The normalized spacial score (nSPS) is 10.9. The van der Waals surface area contributed by atoms with E-state index in [1.54, 1.807) is 0 Å². The van der Waals surface area contributed by atoms with Crippen LogP contribution in [0.1, 0.15) is 25.8 Å². The van der Waals surface area contributed by atoms with E-state index in [4.69, 9.17) is 4.74 Å². The van der Waals surface area contributed by atoms with Crippen molar-refractivity contribution in [1.82, 2.24) is 5.32 Å². The van der Waals surface area contributed by atoms with E-state index in [1.807, 2.05) is 12.1 Å². The molecule has 0 spiro atoms. The van der Waals surface area contributed by atoms with Crippen molar-refractivity contribution in [2.24, 2.45) is 5.92 Å². The van der Waals surface area contributed by atoms with E-state index < -0.39 is 0 Å². The first-order chi connectivity index (χ1) is 8.09. The zero-order chi connectivity index (χ0) is 12.7. The van der Waals surface area contributed by atoms with Gasteiger partial charge in [-0.3, -0.25) is 0 Å². The first-order valence-electron chi connectivity index (χ1n) is 6.19. The maximum Gasteiger partial charge on any atom is 0.122 e. The quantitative estimate of drug-likeness (QED) is 0.774. The van der Waals surface area contributed by atoms with Crippen molar-refractivity contribution in [3.8, 4) is 5.75 Å². The van der Waals surface area contributed by atoms with Crippen molar-refractivity contribution in [2.75, 3.05) is 19.7 Å². The Morgan fingerprint density at radius 2 is 2.06 bits per heavy atom. The van der Waals surface area contributed by atoms with Gasteiger partial charge in [-0.1, -0.05) is 29.8 Å². The molecule has 0 aliphatic rings. The van der Waals surface area contributed by atoms with E-state index in [0.717, 1.165) is 35.8 Å². The van der Waals surface area contributed by atoms with E-state index >= 15 is 0 Å². The van der Waals surface area contributed by atoms with Crippen LogP contribution in [0.4, 0.5) is 0 Å². The van der Waals surface area contributed by atoms with E-state index in [1.165, 1.54) is 12.0 Å². The molecule has 0 saturated carbocycles. The van der Waals surface area contributed by atoms with Gasteiger partial charge in [-0.25, -0.2) is 0 Å². The Labute approximate surface area is 113 Å². The van der Waals surface area contributed by atoms with Gasteiger partial charge in [0.25, 0.3) is 0 Å². The zero-order valence-corrected chi connectivity index (χ0v) is 12.5. The topological polar surface area (TPSA) is 21.3 Å². The van der Waals surface area contributed by atoms with Crippen LogP contribution < -0.4 is 10.1 Å². The number of nitrogens with one attached hydrogen (secondary N) is 1. The minimum absolute atomic E-state index is 0.723. The molecule has 1 rings (SSSR count). The maximum atomic E-state index is 5.72. The highest BCUT2D eigenvalue weighted by atomic mass is 79.9. The standard InChI is InChI=1S/C14H22BrNO/c1-11(2)6-7-16-8-9-17-14-5-4-13(15)10-12(14)3/h4-5,10-11,16H,6-9H2,1-3H3. The third-order valence-corrected chi connectivity index (χ3v) is 3.07. The summed E-state index contributed by atoms with van der Waals surface area (Å²) < 4.78 is 6.81. The number of halogens is 1. The predicted molar refractivity (Wildman–Crippen MR) is 76.7 cm³/mol. The molecule has 0 amide bonds. The molecule has 0 atom stereocenters. The highest BCUT2D eigenvalue weighted by Crippen LogP contribution is 2.21. The number of ether oxygens (including phenoxy) is 1. The SMILES string of the molecule is Cc1cc(Br)ccc1OCCNCCC(C)C. The molecule has 1 N–H and O–H groups in total. The molecule has 96 valence electrons. The Kier molecular flexibility index (Phi) is 6.60. The van der Waals surface area contributed by atoms with Crippen LogP contribution in [0.15, 0.2) is 22.7 Å². The van der Waals surface area contributed by atoms with Crippen LogP contribution in [0, 0.1) is 12.8 Å². The van der Waals surface area contributed by atoms with E-state index in [9.17, 15) is 0 Å². The average molecular weight is 300 g/mol. The molecule has 0 aliphatic carbocycles. The molecule has 0 aliphatic heterocycles. The summed E-state index contributed by atoms with van der Waals surface area (Å²) in [6.45, 7) is 9.24. The van der Waals surface area contributed by atoms with E-state index in [2.05, 4.69) is 48.1 Å². The Morgan fingerprint density at radius 3 is 2.71 bits per heavy atom. The van der Waals surface area contributed by atoms with Gasteiger partial charge < -0.3 is 10.1 Å². The molecule has 0 radical (unpaired) electrons. The summed E-state index contributed by atoms with van der Waals surface area (Å²) in [5.41, 5.74) is 1.17. The minimum Gasteiger partial charge on any atom is -0.492 e. The maximum absolute atomic E-state index is 5.72. The Hall–Kier alpha value is -0.540. The van der Waals surface area contributed by atoms with Crippen LogP contribution in [-0.2, 0) is 0 Å². The number of aryl methyl sites for hydroxylation is 1. The second-order valence-corrected chi connectivity index (χ2v) is 5.61. The second-order valence-electron chi connectivity index (χ2n) is 4.69. The minimum atomic E-state index is 0.723. The summed E-state index contributed by atoms with van der Waals surface area (Å²) in [6.07, 6.45) is 1.22. The summed E-state index contributed by atoms with van der Waals surface area (Å²) in [4.78, 5) is 0. The molecule has 1 aromatic rings. The van der Waals surface area contributed by atoms with Crippen molar-refractivity contribution in [1.29, 1.82) is 0 Å². The summed E-state index contributed by atoms with van der Waals surface area (Å²) in [5, 5.41) is 3.38. The molecule has 0 bridgehead atoms. The van der Waals surface area contributed by atoms with Crippen LogP contribution in [0.25, 0.3) is 0 Å². The first kappa shape index (κ1) is 14.5. The Bertz CT molecular complexity index is 339. The fourth-order valence-corrected chi connectivity index (χ4v) is 2.00. The molecule has 0 saturated heterocycles. The Morgan fingerprint density at radius 1 is 1.29 bits per heavy atom. The molecule has 0 fully saturated rings. The third-order valence-electron chi connectivity index (χ3n) is 2.57. The molecule has 2 nitrogen and oxygen atoms in total. The van der Waals surface area contributed by atoms with Gasteiger partial charge in [0.2, 0.25) is 0 Å². The molecule has 0 aromatic heterocycles. The fourth-order valence-electron chi connectivity index (χ4n) is 1.52. The highest BCUT2D eigenvalue weighted by Gasteiger charge is 1.99. The van der Waals surface area contributed by atoms with Gasteiger partial charge in [0.05, 0.1) is 0 Å². The van der Waals surface area contributed by atoms with Crippen LogP contribution in [0.3, 0.4) is 0 Å². The molecule has 1 aromatic carbocycles. The number of hydrogen-bond acceptors (Lipinski definition) is 2. The van der Waals surface area contributed by atoms with Gasteiger partial charge in [0, 0.05) is 11.0 Å². The van der Waals surface area contributed by atoms with Crippen LogP contribution in [-0.4, -0.2) is 19.7 Å². The van der Waals surface area contributed by atoms with Gasteiger partial charge >= 0.3 is 0 Å². The predicted octanol–water partition coefficient (Wildman–Crippen LogP) is 3.77. The first-order valence-corrected chi connectivity index (χ1v) is 6.98. The van der Waals surface area contributed by atoms with Gasteiger partial charge in [-0.2, -0.15) is 0 Å². The lowest BCUT2D eigenvalue weighted by atomic mass is 10.1. The van der Waals surface area contributed by atoms with Crippen molar-refractivity contribution in [3.63, 3.8) is 0 Å². The Balaban J connectivity index is 2.18. The smallest absolute Gasteiger partial charge is 0.122 e. The monoisotopic (exact) mass is 299 g/mol. The summed E-state index contributed by atoms with van der Waals surface area (Å²) >= 11 is 3.44. The van der Waals surface area contributed by atoms with Crippen molar-refractivity contribution < 1.29 is 4.74 Å². The summed E-state index contributed by atoms with van der Waals surface area (Å²) in [6, 6.07) is 6.09. The van der Waals surface area contributed by atoms with Crippen LogP contribution >= 0.6 is 15.9 Å². The lowest BCUT2D eigenvalue weighted by molar-refractivity contribution is 0.310. The fraction of sp³-hybridized carbons (Fsp3) is 0.571. The molecular weight excluding hydrogens is 278 g/mol. The van der Waals surface area contributed by atoms with Gasteiger partial charge in [-0.15, -0.1) is 0 Å². The summed E-state index contributed by atoms with van der Waals surface area (Å²) in [7, 11) is 0. The van der Waals surface area contributed by atoms with Crippen molar-refractivity contribution in [2.45, 2.75) is 27.2 Å².